The quantitative estimate of drug-likeness (QED) is 0.283. The predicted molar refractivity (Wildman–Crippen MR) is 186 cm³/mol. The van der Waals surface area contributed by atoms with Crippen molar-refractivity contribution in [3.8, 4) is 0 Å². The Bertz CT molecular complexity index is 971. The van der Waals surface area contributed by atoms with Gasteiger partial charge in [0.15, 0.2) is 0 Å². The first kappa shape index (κ1) is 41.7. The Morgan fingerprint density at radius 3 is 2.07 bits per heavy atom. The molecular formula is C40H69F3O2. The lowest BCUT2D eigenvalue weighted by atomic mass is 9.76. The number of carbonyl (C=O) groups excluding carboxylic acids is 1. The van der Waals surface area contributed by atoms with Crippen molar-refractivity contribution in [1.82, 2.24) is 0 Å². The number of Topliss-reactive ketones (excluding diaryl/α,β-unsaturated/α-hetero) is 1. The van der Waals surface area contributed by atoms with E-state index in [0.717, 1.165) is 53.2 Å². The van der Waals surface area contributed by atoms with Crippen molar-refractivity contribution in [2.75, 3.05) is 7.11 Å². The maximum Gasteiger partial charge on any atom is 0.416 e. The normalized spacial score (nSPS) is 27.2. The van der Waals surface area contributed by atoms with Gasteiger partial charge in [0.25, 0.3) is 0 Å². The van der Waals surface area contributed by atoms with Gasteiger partial charge in [0, 0.05) is 12.5 Å². The standard InChI is InChI=1S/C13H22O.C10H22.C9H9F3.C8H16O/c1-9(2)11-7-12-5-4-6-13(12,8-11)10(3)14;1-5-7-10(4)8-9(3)6-2;1-6-3-4-8(5-7(6)2)9(10,11)12;1-7-5-3-4-6-8(7)9-2/h9,11-12H,4-8H2,1-3H3;9-10H,5-8H2,1-4H3;3-5H,1-2H3;7-8H,3-6H2,1-2H3. The average Bonchev–Trinajstić information content (AvgIpc) is 3.55. The molecule has 2 nitrogen and oxygen atoms in total. The van der Waals surface area contributed by atoms with Crippen molar-refractivity contribution < 1.29 is 22.7 Å². The largest absolute Gasteiger partial charge is 0.416 e. The third kappa shape index (κ3) is 13.7. The lowest BCUT2D eigenvalue weighted by Gasteiger charge is -2.26. The summed E-state index contributed by atoms with van der Waals surface area (Å²) in [7, 11) is 1.83. The van der Waals surface area contributed by atoms with Gasteiger partial charge in [0.05, 0.1) is 11.7 Å². The minimum absolute atomic E-state index is 0.120. The maximum atomic E-state index is 12.1. The van der Waals surface area contributed by atoms with E-state index >= 15 is 0 Å². The molecule has 0 N–H and O–H groups in total. The van der Waals surface area contributed by atoms with Crippen molar-refractivity contribution in [2.24, 2.45) is 40.9 Å². The van der Waals surface area contributed by atoms with E-state index in [0.29, 0.717) is 17.5 Å². The van der Waals surface area contributed by atoms with Gasteiger partial charge in [-0.15, -0.1) is 0 Å². The molecule has 5 heteroatoms. The Kier molecular flexibility index (Phi) is 18.6. The highest BCUT2D eigenvalue weighted by atomic mass is 19.4. The fourth-order valence-corrected chi connectivity index (χ4v) is 7.80. The van der Waals surface area contributed by atoms with Crippen LogP contribution >= 0.6 is 0 Å². The third-order valence-corrected chi connectivity index (χ3v) is 11.3. The van der Waals surface area contributed by atoms with Crippen LogP contribution in [-0.2, 0) is 15.7 Å². The first-order chi connectivity index (χ1) is 21.0. The van der Waals surface area contributed by atoms with Crippen LogP contribution in [0.3, 0.4) is 0 Å². The van der Waals surface area contributed by atoms with Crippen LogP contribution in [-0.4, -0.2) is 19.0 Å². The highest BCUT2D eigenvalue weighted by molar-refractivity contribution is 5.83. The number of carbonyl (C=O) groups is 1. The van der Waals surface area contributed by atoms with Gasteiger partial charge in [0.2, 0.25) is 0 Å². The molecule has 0 aromatic heterocycles. The first-order valence-corrected chi connectivity index (χ1v) is 18.2. The van der Waals surface area contributed by atoms with Gasteiger partial charge >= 0.3 is 6.18 Å². The molecule has 0 radical (unpaired) electrons. The zero-order valence-corrected chi connectivity index (χ0v) is 30.9. The number of aryl methyl sites for hydroxylation is 2. The van der Waals surface area contributed by atoms with Crippen LogP contribution in [0.2, 0.25) is 0 Å². The maximum absolute atomic E-state index is 12.1. The number of benzene rings is 1. The van der Waals surface area contributed by atoms with Crippen LogP contribution in [0, 0.1) is 54.8 Å². The molecule has 45 heavy (non-hydrogen) atoms. The summed E-state index contributed by atoms with van der Waals surface area (Å²) in [5.74, 6) is 5.45. The van der Waals surface area contributed by atoms with E-state index in [2.05, 4.69) is 48.5 Å². The summed E-state index contributed by atoms with van der Waals surface area (Å²) in [6, 6.07) is 3.75. The second-order valence-corrected chi connectivity index (χ2v) is 15.2. The SMILES string of the molecule is CC(=O)C12CCCC1CC(C(C)C)C2.CCCC(C)CC(C)CC.COC1CCCCC1C.Cc1ccc(C(F)(F)F)cc1C. The number of rotatable bonds is 8. The van der Waals surface area contributed by atoms with E-state index in [1.54, 1.807) is 13.8 Å². The molecule has 0 spiro atoms. The molecule has 7 atom stereocenters. The molecular weight excluding hydrogens is 569 g/mol. The second-order valence-electron chi connectivity index (χ2n) is 15.2. The second kappa shape index (κ2) is 20.1. The number of methoxy groups -OCH3 is 1. The summed E-state index contributed by atoms with van der Waals surface area (Å²) in [6.45, 7) is 21.5. The van der Waals surface area contributed by atoms with Gasteiger partial charge in [-0.25, -0.2) is 0 Å². The van der Waals surface area contributed by atoms with Gasteiger partial charge in [0.1, 0.15) is 5.78 Å². The van der Waals surface area contributed by atoms with Crippen LogP contribution < -0.4 is 0 Å². The van der Waals surface area contributed by atoms with E-state index in [1.165, 1.54) is 89.5 Å². The fourth-order valence-electron chi connectivity index (χ4n) is 7.80. The molecule has 0 aliphatic heterocycles. The smallest absolute Gasteiger partial charge is 0.381 e. The van der Waals surface area contributed by atoms with Gasteiger partial charge in [-0.3, -0.25) is 4.79 Å². The Morgan fingerprint density at radius 2 is 1.62 bits per heavy atom. The van der Waals surface area contributed by atoms with E-state index in [-0.39, 0.29) is 5.41 Å². The van der Waals surface area contributed by atoms with Crippen molar-refractivity contribution in [2.45, 2.75) is 165 Å². The number of halogens is 3. The molecule has 3 saturated carbocycles. The Balaban J connectivity index is 0.000000305. The zero-order chi connectivity index (χ0) is 34.4. The van der Waals surface area contributed by atoms with Crippen molar-refractivity contribution in [1.29, 1.82) is 0 Å². The van der Waals surface area contributed by atoms with E-state index < -0.39 is 11.7 Å². The molecule has 0 heterocycles. The molecule has 7 unspecified atom stereocenters. The molecule has 0 bridgehead atoms. The van der Waals surface area contributed by atoms with Gasteiger partial charge in [-0.05, 0) is 124 Å². The van der Waals surface area contributed by atoms with Crippen LogP contribution in [0.25, 0.3) is 0 Å². The minimum atomic E-state index is -4.22. The monoisotopic (exact) mass is 639 g/mol. The lowest BCUT2D eigenvalue weighted by Crippen LogP contribution is -2.28. The fraction of sp³-hybridized carbons (Fsp3) is 0.825. The molecule has 1 aromatic rings. The summed E-state index contributed by atoms with van der Waals surface area (Å²) in [5.41, 5.74) is 1.09. The van der Waals surface area contributed by atoms with E-state index in [4.69, 9.17) is 4.74 Å². The van der Waals surface area contributed by atoms with Gasteiger partial charge in [-0.1, -0.05) is 93.1 Å². The number of alkyl halides is 3. The van der Waals surface area contributed by atoms with Crippen molar-refractivity contribution >= 4 is 5.78 Å². The number of fused-ring (bicyclic) bond motifs is 1. The van der Waals surface area contributed by atoms with Crippen LogP contribution in [0.4, 0.5) is 13.2 Å². The van der Waals surface area contributed by atoms with Gasteiger partial charge in [-0.2, -0.15) is 13.2 Å². The highest BCUT2D eigenvalue weighted by Gasteiger charge is 2.53. The zero-order valence-electron chi connectivity index (χ0n) is 30.9. The van der Waals surface area contributed by atoms with E-state index in [9.17, 15) is 18.0 Å². The molecule has 3 fully saturated rings. The van der Waals surface area contributed by atoms with Crippen LogP contribution in [0.1, 0.15) is 156 Å². The summed E-state index contributed by atoms with van der Waals surface area (Å²) in [6.07, 6.45) is 13.5. The molecule has 0 saturated heterocycles. The summed E-state index contributed by atoms with van der Waals surface area (Å²) in [4.78, 5) is 11.8. The van der Waals surface area contributed by atoms with E-state index in [1.807, 2.05) is 14.0 Å². The third-order valence-electron chi connectivity index (χ3n) is 11.3. The number of ketones is 1. The Labute approximate surface area is 276 Å². The topological polar surface area (TPSA) is 26.3 Å². The number of hydrogen-bond donors (Lipinski definition) is 0. The molecule has 1 aromatic carbocycles. The van der Waals surface area contributed by atoms with Crippen LogP contribution in [0.15, 0.2) is 18.2 Å². The minimum Gasteiger partial charge on any atom is -0.381 e. The number of hydrogen-bond acceptors (Lipinski definition) is 2. The van der Waals surface area contributed by atoms with Crippen LogP contribution in [0.5, 0.6) is 0 Å². The molecule has 0 amide bonds. The molecule has 4 rings (SSSR count). The number of ether oxygens (including phenoxy) is 1. The molecule has 3 aliphatic carbocycles. The lowest BCUT2D eigenvalue weighted by molar-refractivity contribution is -0.137. The van der Waals surface area contributed by atoms with Crippen molar-refractivity contribution in [3.05, 3.63) is 34.9 Å². The Morgan fingerprint density at radius 1 is 0.978 bits per heavy atom. The molecule has 262 valence electrons. The summed E-state index contributed by atoms with van der Waals surface area (Å²) >= 11 is 0. The summed E-state index contributed by atoms with van der Waals surface area (Å²) in [5, 5.41) is 0. The summed E-state index contributed by atoms with van der Waals surface area (Å²) < 4.78 is 41.6. The molecule has 3 aliphatic rings. The average molecular weight is 639 g/mol. The van der Waals surface area contributed by atoms with Crippen molar-refractivity contribution in [3.63, 3.8) is 0 Å². The Hall–Kier alpha value is -1.36. The highest BCUT2D eigenvalue weighted by Crippen LogP contribution is 2.58. The first-order valence-electron chi connectivity index (χ1n) is 18.2. The predicted octanol–water partition coefficient (Wildman–Crippen LogP) is 12.8. The van der Waals surface area contributed by atoms with Gasteiger partial charge < -0.3 is 4.74 Å².